The van der Waals surface area contributed by atoms with E-state index >= 15 is 0 Å². The fourth-order valence-electron chi connectivity index (χ4n) is 2.64. The molecule has 5 nitrogen and oxygen atoms in total. The summed E-state index contributed by atoms with van der Waals surface area (Å²) in [7, 11) is 0. The van der Waals surface area contributed by atoms with E-state index in [0.717, 1.165) is 0 Å². The lowest BCUT2D eigenvalue weighted by Crippen LogP contribution is -2.41. The van der Waals surface area contributed by atoms with Crippen LogP contribution >= 0.6 is 23.2 Å². The third kappa shape index (κ3) is 3.92. The highest BCUT2D eigenvalue weighted by molar-refractivity contribution is 6.35. The molecule has 2 aromatic carbocycles. The van der Waals surface area contributed by atoms with E-state index in [4.69, 9.17) is 27.9 Å². The molecular formula is C18H15Cl2FN2O3. The molecule has 2 unspecified atom stereocenters. The van der Waals surface area contributed by atoms with E-state index in [-0.39, 0.29) is 16.5 Å². The van der Waals surface area contributed by atoms with Gasteiger partial charge in [-0.05, 0) is 36.8 Å². The van der Waals surface area contributed by atoms with E-state index in [1.807, 2.05) is 0 Å². The van der Waals surface area contributed by atoms with Crippen molar-refractivity contribution in [1.82, 2.24) is 5.32 Å². The van der Waals surface area contributed by atoms with Crippen LogP contribution in [-0.2, 0) is 9.59 Å². The number of carbonyl (C=O) groups excluding carboxylic acids is 2. The lowest BCUT2D eigenvalue weighted by molar-refractivity contribution is -0.130. The van der Waals surface area contributed by atoms with Gasteiger partial charge in [0, 0.05) is 5.02 Å². The van der Waals surface area contributed by atoms with Crippen molar-refractivity contribution in [1.29, 1.82) is 0 Å². The van der Waals surface area contributed by atoms with Gasteiger partial charge < -0.3 is 15.4 Å². The van der Waals surface area contributed by atoms with Crippen molar-refractivity contribution >= 4 is 40.7 Å². The largest absolute Gasteiger partial charge is 0.478 e. The first-order valence-electron chi connectivity index (χ1n) is 7.85. The molecule has 0 radical (unpaired) electrons. The summed E-state index contributed by atoms with van der Waals surface area (Å²) in [6.45, 7) is 1.66. The number of fused-ring (bicyclic) bond motifs is 1. The molecule has 3 rings (SSSR count). The molecule has 0 fully saturated rings. The zero-order valence-corrected chi connectivity index (χ0v) is 15.2. The highest BCUT2D eigenvalue weighted by atomic mass is 35.5. The molecule has 2 N–H and O–H groups in total. The Morgan fingerprint density at radius 1 is 1.31 bits per heavy atom. The van der Waals surface area contributed by atoms with E-state index in [1.165, 1.54) is 12.1 Å². The molecule has 0 aliphatic carbocycles. The first-order chi connectivity index (χ1) is 12.3. The average molecular weight is 397 g/mol. The first kappa shape index (κ1) is 18.5. The van der Waals surface area contributed by atoms with Crippen LogP contribution in [0.25, 0.3) is 0 Å². The fourth-order valence-corrected chi connectivity index (χ4v) is 3.19. The van der Waals surface area contributed by atoms with Gasteiger partial charge in [-0.3, -0.25) is 9.59 Å². The molecule has 1 aliphatic heterocycles. The number of carbonyl (C=O) groups is 2. The number of nitrogens with one attached hydrogen (secondary N) is 2. The minimum Gasteiger partial charge on any atom is -0.478 e. The second-order valence-electron chi connectivity index (χ2n) is 5.87. The lowest BCUT2D eigenvalue weighted by Gasteiger charge is -2.26. The summed E-state index contributed by atoms with van der Waals surface area (Å²) >= 11 is 11.7. The Morgan fingerprint density at radius 2 is 2.04 bits per heavy atom. The summed E-state index contributed by atoms with van der Waals surface area (Å²) in [6.07, 6.45) is -1.13. The van der Waals surface area contributed by atoms with E-state index in [0.29, 0.717) is 17.0 Å². The van der Waals surface area contributed by atoms with Crippen molar-refractivity contribution in [2.24, 2.45) is 0 Å². The van der Waals surface area contributed by atoms with E-state index in [2.05, 4.69) is 10.6 Å². The van der Waals surface area contributed by atoms with Crippen LogP contribution < -0.4 is 15.4 Å². The molecule has 1 heterocycles. The summed E-state index contributed by atoms with van der Waals surface area (Å²) in [6, 6.07) is 8.85. The highest BCUT2D eigenvalue weighted by Gasteiger charge is 2.30. The Kier molecular flexibility index (Phi) is 5.34. The quantitative estimate of drug-likeness (QED) is 0.764. The van der Waals surface area contributed by atoms with Gasteiger partial charge in [0.2, 0.25) is 5.91 Å². The van der Waals surface area contributed by atoms with Crippen LogP contribution in [0.1, 0.15) is 24.9 Å². The number of para-hydroxylation sites is 2. The zero-order chi connectivity index (χ0) is 18.8. The number of hydrogen-bond donors (Lipinski definition) is 2. The van der Waals surface area contributed by atoms with Gasteiger partial charge in [-0.1, -0.05) is 35.3 Å². The molecule has 8 heteroatoms. The predicted octanol–water partition coefficient (Wildman–Crippen LogP) is 4.10. The average Bonchev–Trinajstić information content (AvgIpc) is 2.58. The van der Waals surface area contributed by atoms with Gasteiger partial charge in [0.1, 0.15) is 11.6 Å². The molecule has 0 aromatic heterocycles. The Bertz CT molecular complexity index is 876. The monoisotopic (exact) mass is 396 g/mol. The molecular weight excluding hydrogens is 382 g/mol. The van der Waals surface area contributed by atoms with Crippen molar-refractivity contribution in [2.45, 2.75) is 25.5 Å². The third-order valence-corrected chi connectivity index (χ3v) is 4.58. The maximum atomic E-state index is 13.6. The summed E-state index contributed by atoms with van der Waals surface area (Å²) in [5.41, 5.74) is 0.951. The standard InChI is InChI=1S/C18H15Cl2FN2O3/c1-9(10-6-13(21)12(20)7-11(10)19)22-17(24)8-16-18(25)23-14-4-2-3-5-15(14)26-16/h2-7,9,16H,8H2,1H3,(H,22,24)(H,23,25). The van der Waals surface area contributed by atoms with Crippen LogP contribution in [0.3, 0.4) is 0 Å². The molecule has 0 bridgehead atoms. The summed E-state index contributed by atoms with van der Waals surface area (Å²) < 4.78 is 19.2. The van der Waals surface area contributed by atoms with Crippen LogP contribution in [-0.4, -0.2) is 17.9 Å². The van der Waals surface area contributed by atoms with E-state index in [1.54, 1.807) is 31.2 Å². The van der Waals surface area contributed by atoms with Crippen LogP contribution in [0, 0.1) is 5.82 Å². The first-order valence-corrected chi connectivity index (χ1v) is 8.61. The van der Waals surface area contributed by atoms with Crippen LogP contribution in [0.2, 0.25) is 10.0 Å². The number of halogens is 3. The van der Waals surface area contributed by atoms with Gasteiger partial charge in [0.15, 0.2) is 6.10 Å². The summed E-state index contributed by atoms with van der Waals surface area (Å²) in [4.78, 5) is 24.4. The van der Waals surface area contributed by atoms with Gasteiger partial charge in [0.05, 0.1) is 23.2 Å². The zero-order valence-electron chi connectivity index (χ0n) is 13.7. The maximum absolute atomic E-state index is 13.6. The molecule has 0 saturated carbocycles. The number of rotatable bonds is 4. The molecule has 26 heavy (non-hydrogen) atoms. The van der Waals surface area contributed by atoms with Crippen LogP contribution in [0.15, 0.2) is 36.4 Å². The number of benzene rings is 2. The Labute approximate surface area is 159 Å². The summed E-state index contributed by atoms with van der Waals surface area (Å²) in [5, 5.41) is 5.52. The molecule has 0 saturated heterocycles. The minimum atomic E-state index is -0.950. The number of hydrogen-bond acceptors (Lipinski definition) is 3. The third-order valence-electron chi connectivity index (χ3n) is 3.96. The SMILES string of the molecule is CC(NC(=O)CC1Oc2ccccc2NC1=O)c1cc(F)c(Cl)cc1Cl. The normalized spacial score (nSPS) is 16.9. The van der Waals surface area contributed by atoms with Crippen LogP contribution in [0.4, 0.5) is 10.1 Å². The van der Waals surface area contributed by atoms with Gasteiger partial charge in [-0.15, -0.1) is 0 Å². The number of anilines is 1. The highest BCUT2D eigenvalue weighted by Crippen LogP contribution is 2.30. The molecule has 2 amide bonds. The Morgan fingerprint density at radius 3 is 2.81 bits per heavy atom. The second-order valence-corrected chi connectivity index (χ2v) is 6.69. The Balaban J connectivity index is 1.66. The van der Waals surface area contributed by atoms with E-state index in [9.17, 15) is 14.0 Å². The Hall–Kier alpha value is -2.31. The molecule has 0 spiro atoms. The summed E-state index contributed by atoms with van der Waals surface area (Å²) in [5.74, 6) is -0.954. The maximum Gasteiger partial charge on any atom is 0.266 e. The predicted molar refractivity (Wildman–Crippen MR) is 97.1 cm³/mol. The van der Waals surface area contributed by atoms with Crippen LogP contribution in [0.5, 0.6) is 5.75 Å². The fraction of sp³-hybridized carbons (Fsp3) is 0.222. The van der Waals surface area contributed by atoms with E-state index < -0.39 is 29.8 Å². The van der Waals surface area contributed by atoms with Gasteiger partial charge >= 0.3 is 0 Å². The van der Waals surface area contributed by atoms with Gasteiger partial charge in [-0.25, -0.2) is 4.39 Å². The van der Waals surface area contributed by atoms with Crippen molar-refractivity contribution in [3.05, 3.63) is 57.8 Å². The molecule has 2 aromatic rings. The van der Waals surface area contributed by atoms with Crippen molar-refractivity contribution in [3.8, 4) is 5.75 Å². The second kappa shape index (κ2) is 7.51. The molecule has 1 aliphatic rings. The van der Waals surface area contributed by atoms with Crippen molar-refractivity contribution in [2.75, 3.05) is 5.32 Å². The van der Waals surface area contributed by atoms with Gasteiger partial charge in [-0.2, -0.15) is 0 Å². The molecule has 2 atom stereocenters. The topological polar surface area (TPSA) is 67.4 Å². The lowest BCUT2D eigenvalue weighted by atomic mass is 10.1. The van der Waals surface area contributed by atoms with Crippen molar-refractivity contribution < 1.29 is 18.7 Å². The van der Waals surface area contributed by atoms with Crippen molar-refractivity contribution in [3.63, 3.8) is 0 Å². The minimum absolute atomic E-state index is 0.0942. The molecule has 136 valence electrons. The number of amides is 2. The smallest absolute Gasteiger partial charge is 0.266 e. The number of ether oxygens (including phenoxy) is 1. The van der Waals surface area contributed by atoms with Gasteiger partial charge in [0.25, 0.3) is 5.91 Å².